The second-order valence-electron chi connectivity index (χ2n) is 3.12. The summed E-state index contributed by atoms with van der Waals surface area (Å²) in [6, 6.07) is 4.75. The van der Waals surface area contributed by atoms with Gasteiger partial charge in [0.05, 0.1) is 4.92 Å². The Balaban J connectivity index is 2.55. The van der Waals surface area contributed by atoms with E-state index in [2.05, 4.69) is 32.8 Å². The molecule has 2 aromatic rings. The lowest BCUT2D eigenvalue weighted by atomic mass is 10.1. The van der Waals surface area contributed by atoms with Gasteiger partial charge in [0.1, 0.15) is 5.01 Å². The van der Waals surface area contributed by atoms with Gasteiger partial charge in [-0.25, -0.2) is 0 Å². The van der Waals surface area contributed by atoms with Gasteiger partial charge >= 0.3 is 0 Å². The molecule has 0 aliphatic heterocycles. The first-order chi connectivity index (χ1) is 7.58. The van der Waals surface area contributed by atoms with Gasteiger partial charge in [0.2, 0.25) is 0 Å². The first-order valence-corrected chi connectivity index (χ1v) is 6.22. The Bertz CT molecular complexity index is 555. The smallest absolute Gasteiger partial charge is 0.258 e. The zero-order valence-electron chi connectivity index (χ0n) is 8.18. The number of halogens is 1. The Labute approximate surface area is 109 Å². The van der Waals surface area contributed by atoms with Gasteiger partial charge in [0.15, 0.2) is 3.01 Å². The van der Waals surface area contributed by atoms with E-state index in [-0.39, 0.29) is 5.69 Å². The topological polar surface area (TPSA) is 68.9 Å². The van der Waals surface area contributed by atoms with Crippen molar-refractivity contribution >= 4 is 39.6 Å². The molecule has 0 N–H and O–H groups in total. The summed E-state index contributed by atoms with van der Waals surface area (Å²) in [5, 5.41) is 19.3. The second kappa shape index (κ2) is 4.42. The molecule has 0 spiro atoms. The van der Waals surface area contributed by atoms with Crippen molar-refractivity contribution in [1.82, 2.24) is 10.2 Å². The molecule has 1 aromatic heterocycles. The van der Waals surface area contributed by atoms with Crippen LogP contribution in [0.4, 0.5) is 5.69 Å². The van der Waals surface area contributed by atoms with Crippen LogP contribution < -0.4 is 0 Å². The highest BCUT2D eigenvalue weighted by Crippen LogP contribution is 2.30. The lowest BCUT2D eigenvalue weighted by molar-refractivity contribution is -0.384. The molecule has 0 saturated carbocycles. The van der Waals surface area contributed by atoms with Crippen LogP contribution in [0, 0.1) is 20.1 Å². The van der Waals surface area contributed by atoms with Crippen molar-refractivity contribution in [2.24, 2.45) is 0 Å². The molecule has 1 heterocycles. The molecule has 2 rings (SSSR count). The predicted molar refractivity (Wildman–Crippen MR) is 69.5 cm³/mol. The van der Waals surface area contributed by atoms with Gasteiger partial charge in [0.25, 0.3) is 5.69 Å². The average Bonchev–Trinajstić information content (AvgIpc) is 2.65. The molecule has 0 fully saturated rings. The van der Waals surface area contributed by atoms with E-state index in [9.17, 15) is 10.1 Å². The van der Waals surface area contributed by atoms with Crippen LogP contribution in [0.1, 0.15) is 5.56 Å². The lowest BCUT2D eigenvalue weighted by Gasteiger charge is -2.00. The van der Waals surface area contributed by atoms with Crippen LogP contribution in [0.25, 0.3) is 10.6 Å². The van der Waals surface area contributed by atoms with Crippen molar-refractivity contribution in [1.29, 1.82) is 0 Å². The van der Waals surface area contributed by atoms with E-state index in [4.69, 9.17) is 0 Å². The summed E-state index contributed by atoms with van der Waals surface area (Å²) in [7, 11) is 0. The van der Waals surface area contributed by atoms with Gasteiger partial charge in [-0.3, -0.25) is 10.1 Å². The number of hydrogen-bond acceptors (Lipinski definition) is 5. The predicted octanol–water partition coefficient (Wildman–Crippen LogP) is 3.03. The van der Waals surface area contributed by atoms with E-state index in [0.717, 1.165) is 14.1 Å². The summed E-state index contributed by atoms with van der Waals surface area (Å²) in [6.45, 7) is 1.90. The highest BCUT2D eigenvalue weighted by molar-refractivity contribution is 14.1. The van der Waals surface area contributed by atoms with Crippen LogP contribution in [0.5, 0.6) is 0 Å². The molecule has 0 aliphatic rings. The Hall–Kier alpha value is -1.09. The maximum atomic E-state index is 10.7. The number of nitrogens with zero attached hydrogens (tertiary/aromatic N) is 3. The van der Waals surface area contributed by atoms with Crippen molar-refractivity contribution in [3.05, 3.63) is 36.9 Å². The number of nitro groups is 1. The van der Waals surface area contributed by atoms with Crippen LogP contribution >= 0.6 is 33.9 Å². The second-order valence-corrected chi connectivity index (χ2v) is 5.85. The minimum absolute atomic E-state index is 0.0748. The van der Waals surface area contributed by atoms with Gasteiger partial charge in [-0.05, 0) is 35.1 Å². The van der Waals surface area contributed by atoms with Gasteiger partial charge in [0, 0.05) is 17.7 Å². The van der Waals surface area contributed by atoms with Gasteiger partial charge in [-0.15, -0.1) is 10.2 Å². The molecule has 0 saturated heterocycles. The third-order valence-electron chi connectivity index (χ3n) is 2.06. The highest BCUT2D eigenvalue weighted by atomic mass is 127. The van der Waals surface area contributed by atoms with E-state index in [1.54, 1.807) is 6.07 Å². The quantitative estimate of drug-likeness (QED) is 0.476. The number of non-ortho nitro benzene ring substituents is 1. The summed E-state index contributed by atoms with van der Waals surface area (Å²) >= 11 is 3.49. The number of rotatable bonds is 2. The molecule has 82 valence electrons. The van der Waals surface area contributed by atoms with Crippen molar-refractivity contribution in [2.45, 2.75) is 6.92 Å². The third-order valence-corrected chi connectivity index (χ3v) is 3.68. The van der Waals surface area contributed by atoms with Crippen LogP contribution in [0.15, 0.2) is 18.2 Å². The van der Waals surface area contributed by atoms with Crippen molar-refractivity contribution < 1.29 is 4.92 Å². The maximum Gasteiger partial charge on any atom is 0.270 e. The van der Waals surface area contributed by atoms with Gasteiger partial charge < -0.3 is 0 Å². The molecule has 0 amide bonds. The van der Waals surface area contributed by atoms with Crippen LogP contribution in [0.2, 0.25) is 0 Å². The zero-order chi connectivity index (χ0) is 11.7. The van der Waals surface area contributed by atoms with Crippen molar-refractivity contribution in [3.8, 4) is 10.6 Å². The Kier molecular flexibility index (Phi) is 3.15. The molecule has 16 heavy (non-hydrogen) atoms. The fourth-order valence-corrected chi connectivity index (χ4v) is 2.65. The minimum atomic E-state index is -0.408. The molecule has 7 heteroatoms. The Morgan fingerprint density at radius 3 is 2.75 bits per heavy atom. The summed E-state index contributed by atoms with van der Waals surface area (Å²) in [5.41, 5.74) is 1.80. The molecule has 0 radical (unpaired) electrons. The van der Waals surface area contributed by atoms with E-state index in [1.807, 2.05) is 6.92 Å². The van der Waals surface area contributed by atoms with Crippen LogP contribution in [0.3, 0.4) is 0 Å². The normalized spacial score (nSPS) is 10.4. The van der Waals surface area contributed by atoms with E-state index in [0.29, 0.717) is 5.01 Å². The first-order valence-electron chi connectivity index (χ1n) is 4.32. The molecule has 0 aliphatic carbocycles. The minimum Gasteiger partial charge on any atom is -0.258 e. The fraction of sp³-hybridized carbons (Fsp3) is 0.111. The number of aryl methyl sites for hydroxylation is 1. The molecule has 5 nitrogen and oxygen atoms in total. The first kappa shape index (κ1) is 11.4. The number of nitro benzene ring substituents is 1. The molecule has 0 atom stereocenters. The monoisotopic (exact) mass is 347 g/mol. The van der Waals surface area contributed by atoms with Crippen LogP contribution in [-0.2, 0) is 0 Å². The summed E-state index contributed by atoms with van der Waals surface area (Å²) in [4.78, 5) is 10.3. The molecular formula is C9H6IN3O2S. The maximum absolute atomic E-state index is 10.7. The lowest BCUT2D eigenvalue weighted by Crippen LogP contribution is -1.90. The molecule has 0 bridgehead atoms. The van der Waals surface area contributed by atoms with Gasteiger partial charge in [-0.1, -0.05) is 17.4 Å². The molecule has 1 aromatic carbocycles. The highest BCUT2D eigenvalue weighted by Gasteiger charge is 2.13. The number of benzene rings is 1. The Morgan fingerprint density at radius 1 is 1.44 bits per heavy atom. The largest absolute Gasteiger partial charge is 0.270 e. The van der Waals surface area contributed by atoms with E-state index >= 15 is 0 Å². The standard InChI is InChI=1S/C9H6IN3O2S/c1-5-2-3-6(13(14)15)4-7(5)8-11-12-9(10)16-8/h2-4H,1H3. The summed E-state index contributed by atoms with van der Waals surface area (Å²) in [6.07, 6.45) is 0. The van der Waals surface area contributed by atoms with Crippen molar-refractivity contribution in [2.75, 3.05) is 0 Å². The average molecular weight is 347 g/mol. The number of aromatic nitrogens is 2. The van der Waals surface area contributed by atoms with E-state index < -0.39 is 4.92 Å². The SMILES string of the molecule is Cc1ccc([N+](=O)[O-])cc1-c1nnc(I)s1. The van der Waals surface area contributed by atoms with E-state index in [1.165, 1.54) is 23.5 Å². The zero-order valence-corrected chi connectivity index (χ0v) is 11.2. The Morgan fingerprint density at radius 2 is 2.19 bits per heavy atom. The van der Waals surface area contributed by atoms with Crippen LogP contribution in [-0.4, -0.2) is 15.1 Å². The van der Waals surface area contributed by atoms with Gasteiger partial charge in [-0.2, -0.15) is 0 Å². The number of hydrogen-bond donors (Lipinski definition) is 0. The fourth-order valence-electron chi connectivity index (χ4n) is 1.27. The molecule has 0 unspecified atom stereocenters. The summed E-state index contributed by atoms with van der Waals surface area (Å²) in [5.74, 6) is 0. The summed E-state index contributed by atoms with van der Waals surface area (Å²) < 4.78 is 0.818. The van der Waals surface area contributed by atoms with Crippen molar-refractivity contribution in [3.63, 3.8) is 0 Å². The molecular weight excluding hydrogens is 341 g/mol. The third kappa shape index (κ3) is 2.19.